The molecular weight excluding hydrogens is 296 g/mol. The molecule has 3 N–H and O–H groups in total. The highest BCUT2D eigenvalue weighted by molar-refractivity contribution is 7.89. The Labute approximate surface area is 123 Å². The second kappa shape index (κ2) is 5.83. The summed E-state index contributed by atoms with van der Waals surface area (Å²) >= 11 is 5.91. The lowest BCUT2D eigenvalue weighted by Gasteiger charge is -2.09. The van der Waals surface area contributed by atoms with Crippen molar-refractivity contribution in [3.05, 3.63) is 58.6 Å². The van der Waals surface area contributed by atoms with Gasteiger partial charge in [-0.25, -0.2) is 13.1 Å². The molecular formula is C14H15ClN2O2S. The standard InChI is InChI=1S/C14H15ClN2O2S/c1-10-2-4-11(5-3-10)9-17-20(18,19)14-8-12(16)6-7-13(14)15/h2-8,17H,9,16H2,1H3. The highest BCUT2D eigenvalue weighted by atomic mass is 35.5. The fourth-order valence-electron chi connectivity index (χ4n) is 1.69. The Kier molecular flexibility index (Phi) is 4.32. The normalized spacial score (nSPS) is 11.5. The van der Waals surface area contributed by atoms with Crippen molar-refractivity contribution in [2.24, 2.45) is 0 Å². The smallest absolute Gasteiger partial charge is 0.242 e. The predicted octanol–water partition coefficient (Wildman–Crippen LogP) is 2.71. The fourth-order valence-corrected chi connectivity index (χ4v) is 3.24. The summed E-state index contributed by atoms with van der Waals surface area (Å²) in [7, 11) is -3.68. The molecule has 0 unspecified atom stereocenters. The van der Waals surface area contributed by atoms with E-state index in [2.05, 4.69) is 4.72 Å². The third kappa shape index (κ3) is 3.50. The number of aryl methyl sites for hydroxylation is 1. The van der Waals surface area contributed by atoms with Gasteiger partial charge < -0.3 is 5.73 Å². The Morgan fingerprint density at radius 2 is 1.80 bits per heavy atom. The summed E-state index contributed by atoms with van der Waals surface area (Å²) in [5, 5.41) is 0.149. The van der Waals surface area contributed by atoms with Crippen molar-refractivity contribution in [1.29, 1.82) is 0 Å². The van der Waals surface area contributed by atoms with E-state index >= 15 is 0 Å². The van der Waals surface area contributed by atoms with E-state index in [0.717, 1.165) is 11.1 Å². The number of nitrogen functional groups attached to an aromatic ring is 1. The molecule has 0 atom stereocenters. The van der Waals surface area contributed by atoms with Gasteiger partial charge in [-0.15, -0.1) is 0 Å². The Morgan fingerprint density at radius 3 is 2.45 bits per heavy atom. The first-order valence-electron chi connectivity index (χ1n) is 5.99. The van der Waals surface area contributed by atoms with Gasteiger partial charge in [0, 0.05) is 12.2 Å². The number of anilines is 1. The molecule has 0 radical (unpaired) electrons. The number of hydrogen-bond donors (Lipinski definition) is 2. The van der Waals surface area contributed by atoms with E-state index in [9.17, 15) is 8.42 Å². The average molecular weight is 311 g/mol. The number of rotatable bonds is 4. The molecule has 106 valence electrons. The largest absolute Gasteiger partial charge is 0.399 e. The van der Waals surface area contributed by atoms with E-state index in [4.69, 9.17) is 17.3 Å². The summed E-state index contributed by atoms with van der Waals surface area (Å²) in [4.78, 5) is -0.00808. The minimum atomic E-state index is -3.68. The van der Waals surface area contributed by atoms with Gasteiger partial charge in [0.25, 0.3) is 0 Å². The molecule has 0 amide bonds. The van der Waals surface area contributed by atoms with Crippen molar-refractivity contribution in [2.75, 3.05) is 5.73 Å². The molecule has 2 rings (SSSR count). The van der Waals surface area contributed by atoms with E-state index in [1.54, 1.807) is 6.07 Å². The summed E-state index contributed by atoms with van der Waals surface area (Å²) in [5.74, 6) is 0. The quantitative estimate of drug-likeness (QED) is 0.853. The zero-order valence-corrected chi connectivity index (χ0v) is 12.5. The molecule has 4 nitrogen and oxygen atoms in total. The molecule has 2 aromatic carbocycles. The minimum Gasteiger partial charge on any atom is -0.399 e. The lowest BCUT2D eigenvalue weighted by atomic mass is 10.2. The van der Waals surface area contributed by atoms with Gasteiger partial charge >= 0.3 is 0 Å². The Hall–Kier alpha value is -1.56. The third-order valence-electron chi connectivity index (χ3n) is 2.83. The van der Waals surface area contributed by atoms with Gasteiger partial charge in [-0.3, -0.25) is 0 Å². The maximum Gasteiger partial charge on any atom is 0.242 e. The summed E-state index contributed by atoms with van der Waals surface area (Å²) in [6, 6.07) is 12.0. The van der Waals surface area contributed by atoms with Crippen LogP contribution in [0.15, 0.2) is 47.4 Å². The Balaban J connectivity index is 2.19. The van der Waals surface area contributed by atoms with Crippen LogP contribution in [0, 0.1) is 6.92 Å². The molecule has 0 spiro atoms. The molecule has 0 aliphatic carbocycles. The molecule has 0 heterocycles. The van der Waals surface area contributed by atoms with Crippen LogP contribution in [0.5, 0.6) is 0 Å². The molecule has 0 aliphatic rings. The summed E-state index contributed by atoms with van der Waals surface area (Å²) in [5.41, 5.74) is 7.94. The average Bonchev–Trinajstić information content (AvgIpc) is 2.41. The van der Waals surface area contributed by atoms with Crippen molar-refractivity contribution in [1.82, 2.24) is 4.72 Å². The predicted molar refractivity (Wildman–Crippen MR) is 81.1 cm³/mol. The number of halogens is 1. The second-order valence-corrected chi connectivity index (χ2v) is 6.64. The fraction of sp³-hybridized carbons (Fsp3) is 0.143. The summed E-state index contributed by atoms with van der Waals surface area (Å²) in [6.45, 7) is 2.17. The van der Waals surface area contributed by atoms with Gasteiger partial charge in [-0.2, -0.15) is 0 Å². The monoisotopic (exact) mass is 310 g/mol. The van der Waals surface area contributed by atoms with Gasteiger partial charge in [0.15, 0.2) is 0 Å². The van der Waals surface area contributed by atoms with Crippen LogP contribution in [0.4, 0.5) is 5.69 Å². The third-order valence-corrected chi connectivity index (χ3v) is 4.71. The molecule has 0 saturated heterocycles. The van der Waals surface area contributed by atoms with Gasteiger partial charge in [0.2, 0.25) is 10.0 Å². The van der Waals surface area contributed by atoms with Crippen LogP contribution in [0.25, 0.3) is 0 Å². The lowest BCUT2D eigenvalue weighted by molar-refractivity contribution is 0.581. The molecule has 0 aliphatic heterocycles. The second-order valence-electron chi connectivity index (χ2n) is 4.50. The van der Waals surface area contributed by atoms with E-state index in [1.165, 1.54) is 12.1 Å². The van der Waals surface area contributed by atoms with Crippen molar-refractivity contribution in [3.8, 4) is 0 Å². The lowest BCUT2D eigenvalue weighted by Crippen LogP contribution is -2.23. The van der Waals surface area contributed by atoms with Crippen LogP contribution >= 0.6 is 11.6 Å². The molecule has 2 aromatic rings. The zero-order chi connectivity index (χ0) is 14.8. The van der Waals surface area contributed by atoms with E-state index < -0.39 is 10.0 Å². The molecule has 0 fully saturated rings. The maximum atomic E-state index is 12.2. The van der Waals surface area contributed by atoms with Crippen LogP contribution in [0.3, 0.4) is 0 Å². The van der Waals surface area contributed by atoms with E-state index in [1.807, 2.05) is 31.2 Å². The molecule has 0 bridgehead atoms. The van der Waals surface area contributed by atoms with Crippen LogP contribution in [0.1, 0.15) is 11.1 Å². The van der Waals surface area contributed by atoms with E-state index in [-0.39, 0.29) is 16.5 Å². The SMILES string of the molecule is Cc1ccc(CNS(=O)(=O)c2cc(N)ccc2Cl)cc1. The van der Waals surface area contributed by atoms with E-state index in [0.29, 0.717) is 5.69 Å². The van der Waals surface area contributed by atoms with Crippen LogP contribution < -0.4 is 10.5 Å². The molecule has 0 saturated carbocycles. The number of nitrogens with one attached hydrogen (secondary N) is 1. The highest BCUT2D eigenvalue weighted by Crippen LogP contribution is 2.23. The first-order chi connectivity index (χ1) is 9.38. The molecule has 0 aromatic heterocycles. The van der Waals surface area contributed by atoms with Crippen LogP contribution in [0.2, 0.25) is 5.02 Å². The molecule has 20 heavy (non-hydrogen) atoms. The first kappa shape index (κ1) is 14.8. The summed E-state index contributed by atoms with van der Waals surface area (Å²) in [6.07, 6.45) is 0. The van der Waals surface area contributed by atoms with Crippen molar-refractivity contribution in [3.63, 3.8) is 0 Å². The number of nitrogens with two attached hydrogens (primary N) is 1. The maximum absolute atomic E-state index is 12.2. The van der Waals surface area contributed by atoms with Gasteiger partial charge in [-0.1, -0.05) is 41.4 Å². The number of hydrogen-bond acceptors (Lipinski definition) is 3. The minimum absolute atomic E-state index is 0.00808. The Morgan fingerprint density at radius 1 is 1.15 bits per heavy atom. The highest BCUT2D eigenvalue weighted by Gasteiger charge is 2.17. The number of benzene rings is 2. The van der Waals surface area contributed by atoms with Crippen LogP contribution in [-0.4, -0.2) is 8.42 Å². The van der Waals surface area contributed by atoms with Gasteiger partial charge in [-0.05, 0) is 30.7 Å². The summed E-state index contributed by atoms with van der Waals surface area (Å²) < 4.78 is 26.9. The van der Waals surface area contributed by atoms with Crippen molar-refractivity contribution in [2.45, 2.75) is 18.4 Å². The van der Waals surface area contributed by atoms with Gasteiger partial charge in [0.1, 0.15) is 4.90 Å². The van der Waals surface area contributed by atoms with Gasteiger partial charge in [0.05, 0.1) is 5.02 Å². The molecule has 6 heteroatoms. The van der Waals surface area contributed by atoms with Crippen LogP contribution in [-0.2, 0) is 16.6 Å². The zero-order valence-electron chi connectivity index (χ0n) is 10.9. The van der Waals surface area contributed by atoms with Crippen molar-refractivity contribution < 1.29 is 8.42 Å². The Bertz CT molecular complexity index is 712. The topological polar surface area (TPSA) is 72.2 Å². The number of sulfonamides is 1. The van der Waals surface area contributed by atoms with Crippen molar-refractivity contribution >= 4 is 27.3 Å². The first-order valence-corrected chi connectivity index (χ1v) is 7.85.